The molecule has 5 heteroatoms. The average Bonchev–Trinajstić information content (AvgIpc) is 2.37. The Hall–Kier alpha value is -2.01. The normalized spacial score (nSPS) is 11.4. The van der Waals surface area contributed by atoms with Crippen LogP contribution in [-0.4, -0.2) is 6.36 Å². The molecule has 0 aromatic heterocycles. The van der Waals surface area contributed by atoms with Gasteiger partial charge in [-0.15, -0.1) is 13.2 Å². The Balaban J connectivity index is 2.27. The van der Waals surface area contributed by atoms with Crippen molar-refractivity contribution in [2.75, 3.05) is 0 Å². The van der Waals surface area contributed by atoms with E-state index in [9.17, 15) is 13.2 Å². The second-order valence-electron chi connectivity index (χ2n) is 3.89. The predicted molar refractivity (Wildman–Crippen MR) is 65.3 cm³/mol. The van der Waals surface area contributed by atoms with E-state index in [1.165, 1.54) is 12.1 Å². The largest absolute Gasteiger partial charge is 0.573 e. The SMILES string of the molecule is NCc1ccc(-c2cc[c]c(OC(F)(F)F)c2)cc1. The van der Waals surface area contributed by atoms with Gasteiger partial charge in [0, 0.05) is 12.6 Å². The lowest BCUT2D eigenvalue weighted by Crippen LogP contribution is -2.17. The summed E-state index contributed by atoms with van der Waals surface area (Å²) in [6, 6.07) is 14.0. The Morgan fingerprint density at radius 1 is 1.05 bits per heavy atom. The first-order valence-electron chi connectivity index (χ1n) is 5.55. The van der Waals surface area contributed by atoms with Gasteiger partial charge in [0.2, 0.25) is 0 Å². The Morgan fingerprint density at radius 3 is 2.32 bits per heavy atom. The van der Waals surface area contributed by atoms with Gasteiger partial charge in [0.05, 0.1) is 0 Å². The van der Waals surface area contributed by atoms with Crippen LogP contribution in [0.2, 0.25) is 0 Å². The molecule has 0 bridgehead atoms. The molecule has 0 aliphatic heterocycles. The minimum Gasteiger partial charge on any atom is -0.405 e. The van der Waals surface area contributed by atoms with Crippen LogP contribution in [0.3, 0.4) is 0 Å². The van der Waals surface area contributed by atoms with Crippen LogP contribution < -0.4 is 10.5 Å². The van der Waals surface area contributed by atoms with Crippen molar-refractivity contribution in [3.8, 4) is 16.9 Å². The second-order valence-corrected chi connectivity index (χ2v) is 3.89. The third-order valence-electron chi connectivity index (χ3n) is 2.52. The highest BCUT2D eigenvalue weighted by molar-refractivity contribution is 5.65. The molecule has 19 heavy (non-hydrogen) atoms. The highest BCUT2D eigenvalue weighted by Gasteiger charge is 2.31. The predicted octanol–water partition coefficient (Wildman–Crippen LogP) is 3.51. The lowest BCUT2D eigenvalue weighted by atomic mass is 10.0. The number of hydrogen-bond donors (Lipinski definition) is 1. The molecule has 99 valence electrons. The lowest BCUT2D eigenvalue weighted by molar-refractivity contribution is -0.274. The molecule has 0 aliphatic carbocycles. The summed E-state index contributed by atoms with van der Waals surface area (Å²) in [4.78, 5) is 0. The zero-order valence-corrected chi connectivity index (χ0v) is 9.87. The van der Waals surface area contributed by atoms with E-state index in [1.807, 2.05) is 12.1 Å². The number of rotatable bonds is 3. The van der Waals surface area contributed by atoms with E-state index in [1.54, 1.807) is 18.2 Å². The fraction of sp³-hybridized carbons (Fsp3) is 0.143. The third kappa shape index (κ3) is 3.72. The molecule has 0 saturated carbocycles. The zero-order chi connectivity index (χ0) is 13.9. The lowest BCUT2D eigenvalue weighted by Gasteiger charge is -2.10. The summed E-state index contributed by atoms with van der Waals surface area (Å²) < 4.78 is 40.2. The van der Waals surface area contributed by atoms with Crippen LogP contribution in [0.25, 0.3) is 11.1 Å². The molecule has 2 aromatic carbocycles. The number of hydrogen-bond acceptors (Lipinski definition) is 2. The summed E-state index contributed by atoms with van der Waals surface area (Å²) in [5, 5.41) is 0. The molecule has 0 aliphatic rings. The van der Waals surface area contributed by atoms with Gasteiger partial charge in [0.15, 0.2) is 0 Å². The molecule has 2 aromatic rings. The van der Waals surface area contributed by atoms with Crippen molar-refractivity contribution in [2.24, 2.45) is 5.73 Å². The topological polar surface area (TPSA) is 35.2 Å². The van der Waals surface area contributed by atoms with E-state index in [0.29, 0.717) is 12.1 Å². The monoisotopic (exact) mass is 266 g/mol. The Morgan fingerprint density at radius 2 is 1.74 bits per heavy atom. The molecule has 0 atom stereocenters. The Bertz CT molecular complexity index is 549. The molecule has 0 fully saturated rings. The van der Waals surface area contributed by atoms with Gasteiger partial charge in [-0.1, -0.05) is 30.3 Å². The van der Waals surface area contributed by atoms with Gasteiger partial charge in [-0.05, 0) is 28.8 Å². The first-order valence-corrected chi connectivity index (χ1v) is 5.55. The minimum atomic E-state index is -4.71. The molecule has 0 spiro atoms. The van der Waals surface area contributed by atoms with Gasteiger partial charge >= 0.3 is 6.36 Å². The zero-order valence-electron chi connectivity index (χ0n) is 9.87. The maximum atomic E-state index is 12.1. The number of ether oxygens (including phenoxy) is 1. The van der Waals surface area contributed by atoms with Crippen LogP contribution >= 0.6 is 0 Å². The van der Waals surface area contributed by atoms with Crippen LogP contribution in [0.5, 0.6) is 5.75 Å². The van der Waals surface area contributed by atoms with Gasteiger partial charge < -0.3 is 10.5 Å². The Kier molecular flexibility index (Phi) is 3.76. The smallest absolute Gasteiger partial charge is 0.405 e. The molecular formula is C14H11F3NO. The fourth-order valence-electron chi connectivity index (χ4n) is 1.64. The van der Waals surface area contributed by atoms with Crippen molar-refractivity contribution in [3.63, 3.8) is 0 Å². The van der Waals surface area contributed by atoms with Crippen molar-refractivity contribution in [3.05, 3.63) is 54.1 Å². The summed E-state index contributed by atoms with van der Waals surface area (Å²) >= 11 is 0. The van der Waals surface area contributed by atoms with Crippen LogP contribution in [0.1, 0.15) is 5.56 Å². The molecule has 0 saturated heterocycles. The number of halogens is 3. The second kappa shape index (κ2) is 5.32. The van der Waals surface area contributed by atoms with Gasteiger partial charge in [-0.3, -0.25) is 0 Å². The van der Waals surface area contributed by atoms with E-state index >= 15 is 0 Å². The van der Waals surface area contributed by atoms with Crippen LogP contribution in [-0.2, 0) is 6.54 Å². The quantitative estimate of drug-likeness (QED) is 0.922. The van der Waals surface area contributed by atoms with Crippen molar-refractivity contribution < 1.29 is 17.9 Å². The molecule has 2 N–H and O–H groups in total. The highest BCUT2D eigenvalue weighted by atomic mass is 19.4. The number of benzene rings is 2. The number of nitrogens with two attached hydrogens (primary N) is 1. The first kappa shape index (κ1) is 13.4. The molecule has 0 unspecified atom stereocenters. The summed E-state index contributed by atoms with van der Waals surface area (Å²) in [6.45, 7) is 0.422. The maximum Gasteiger partial charge on any atom is 0.573 e. The van der Waals surface area contributed by atoms with E-state index in [4.69, 9.17) is 5.73 Å². The highest BCUT2D eigenvalue weighted by Crippen LogP contribution is 2.27. The molecule has 2 rings (SSSR count). The van der Waals surface area contributed by atoms with Gasteiger partial charge in [0.1, 0.15) is 5.75 Å². The van der Waals surface area contributed by atoms with Crippen molar-refractivity contribution >= 4 is 0 Å². The summed E-state index contributed by atoms with van der Waals surface area (Å²) in [6.07, 6.45) is -4.71. The van der Waals surface area contributed by atoms with E-state index < -0.39 is 6.36 Å². The maximum absolute atomic E-state index is 12.1. The fourth-order valence-corrected chi connectivity index (χ4v) is 1.64. The third-order valence-corrected chi connectivity index (χ3v) is 2.52. The van der Waals surface area contributed by atoms with Crippen molar-refractivity contribution in [1.29, 1.82) is 0 Å². The minimum absolute atomic E-state index is 0.354. The van der Waals surface area contributed by atoms with Crippen molar-refractivity contribution in [2.45, 2.75) is 12.9 Å². The first-order chi connectivity index (χ1) is 8.98. The van der Waals surface area contributed by atoms with Gasteiger partial charge in [-0.2, -0.15) is 0 Å². The van der Waals surface area contributed by atoms with E-state index in [-0.39, 0.29) is 5.75 Å². The average molecular weight is 266 g/mol. The van der Waals surface area contributed by atoms with Crippen LogP contribution in [0.15, 0.2) is 42.5 Å². The summed E-state index contributed by atoms with van der Waals surface area (Å²) in [7, 11) is 0. The van der Waals surface area contributed by atoms with Gasteiger partial charge in [0.25, 0.3) is 0 Å². The van der Waals surface area contributed by atoms with E-state index in [0.717, 1.165) is 11.1 Å². The van der Waals surface area contributed by atoms with E-state index in [2.05, 4.69) is 10.8 Å². The van der Waals surface area contributed by atoms with Crippen LogP contribution in [0, 0.1) is 6.07 Å². The van der Waals surface area contributed by atoms with Crippen molar-refractivity contribution in [1.82, 2.24) is 0 Å². The molecule has 2 nitrogen and oxygen atoms in total. The Labute approximate surface area is 108 Å². The van der Waals surface area contributed by atoms with Gasteiger partial charge in [-0.25, -0.2) is 0 Å². The molecule has 1 radical (unpaired) electrons. The molecular weight excluding hydrogens is 255 g/mol. The van der Waals surface area contributed by atoms with Crippen LogP contribution in [0.4, 0.5) is 13.2 Å². The number of alkyl halides is 3. The molecule has 0 amide bonds. The standard InChI is InChI=1S/C14H11F3NO/c15-14(16,17)19-13-3-1-2-12(8-13)11-6-4-10(9-18)5-7-11/h1-2,4-8H,9,18H2. The molecule has 0 heterocycles. The summed E-state index contributed by atoms with van der Waals surface area (Å²) in [5.74, 6) is -0.354. The summed E-state index contributed by atoms with van der Waals surface area (Å²) in [5.41, 5.74) is 7.86.